The lowest BCUT2D eigenvalue weighted by Gasteiger charge is -2.24. The van der Waals surface area contributed by atoms with Gasteiger partial charge in [0.1, 0.15) is 0 Å². The molecule has 3 aromatic rings. The van der Waals surface area contributed by atoms with Gasteiger partial charge in [0.2, 0.25) is 0 Å². The number of ketones is 1. The molecule has 2 heteroatoms. The van der Waals surface area contributed by atoms with Crippen molar-refractivity contribution < 1.29 is 4.79 Å². The maximum Gasteiger partial charge on any atom is 0.152 e. The van der Waals surface area contributed by atoms with Crippen LogP contribution in [0.2, 0.25) is 0 Å². The largest absolute Gasteiger partial charge is 0.298 e. The van der Waals surface area contributed by atoms with Crippen molar-refractivity contribution in [1.82, 2.24) is 4.90 Å². The first-order chi connectivity index (χ1) is 12.8. The standard InChI is InChI=1S/C24H23NO/c26-23-18-25(16-19-10-4-1-5-11-19)17-22(23)24(20-12-6-2-7-13-20)21-14-8-3-9-15-21/h1-15,22,24H,16-18H2. The van der Waals surface area contributed by atoms with Crippen molar-refractivity contribution in [3.05, 3.63) is 108 Å². The highest BCUT2D eigenvalue weighted by Gasteiger charge is 2.37. The van der Waals surface area contributed by atoms with E-state index in [1.54, 1.807) is 0 Å². The van der Waals surface area contributed by atoms with E-state index in [4.69, 9.17) is 0 Å². The number of nitrogens with zero attached hydrogens (tertiary/aromatic N) is 1. The van der Waals surface area contributed by atoms with Gasteiger partial charge >= 0.3 is 0 Å². The number of hydrogen-bond donors (Lipinski definition) is 0. The Morgan fingerprint density at radius 3 is 1.81 bits per heavy atom. The molecule has 2 nitrogen and oxygen atoms in total. The lowest BCUT2D eigenvalue weighted by molar-refractivity contribution is -0.120. The van der Waals surface area contributed by atoms with Gasteiger partial charge < -0.3 is 0 Å². The number of rotatable bonds is 5. The molecule has 0 radical (unpaired) electrons. The number of benzene rings is 3. The van der Waals surface area contributed by atoms with Crippen molar-refractivity contribution >= 4 is 5.78 Å². The minimum atomic E-state index is 0.00325. The van der Waals surface area contributed by atoms with E-state index in [0.29, 0.717) is 12.3 Å². The SMILES string of the molecule is O=C1CN(Cc2ccccc2)CC1C(c1ccccc1)c1ccccc1. The fraction of sp³-hybridized carbons (Fsp3) is 0.208. The van der Waals surface area contributed by atoms with Crippen LogP contribution in [0.25, 0.3) is 0 Å². The van der Waals surface area contributed by atoms with Crippen LogP contribution < -0.4 is 0 Å². The second kappa shape index (κ2) is 7.67. The van der Waals surface area contributed by atoms with Crippen LogP contribution in [0.5, 0.6) is 0 Å². The number of carbonyl (C=O) groups excluding carboxylic acids is 1. The molecule has 0 amide bonds. The Labute approximate surface area is 155 Å². The summed E-state index contributed by atoms with van der Waals surface area (Å²) in [6.45, 7) is 2.18. The van der Waals surface area contributed by atoms with Crippen molar-refractivity contribution in [3.63, 3.8) is 0 Å². The third-order valence-electron chi connectivity index (χ3n) is 5.22. The molecule has 1 atom stereocenters. The van der Waals surface area contributed by atoms with Gasteiger partial charge in [0, 0.05) is 24.9 Å². The molecule has 0 N–H and O–H groups in total. The van der Waals surface area contributed by atoms with Gasteiger partial charge in [0.15, 0.2) is 5.78 Å². The highest BCUT2D eigenvalue weighted by molar-refractivity contribution is 5.86. The molecule has 1 aliphatic heterocycles. The van der Waals surface area contributed by atoms with Crippen molar-refractivity contribution in [2.75, 3.05) is 13.1 Å². The van der Waals surface area contributed by atoms with Crippen molar-refractivity contribution in [3.8, 4) is 0 Å². The molecule has 1 heterocycles. The predicted molar refractivity (Wildman–Crippen MR) is 105 cm³/mol. The Morgan fingerprint density at radius 2 is 1.27 bits per heavy atom. The van der Waals surface area contributed by atoms with Gasteiger partial charge in [-0.3, -0.25) is 9.69 Å². The Bertz CT molecular complexity index is 806. The summed E-state index contributed by atoms with van der Waals surface area (Å²) in [5.74, 6) is 0.466. The molecule has 0 aliphatic carbocycles. The third-order valence-corrected chi connectivity index (χ3v) is 5.22. The van der Waals surface area contributed by atoms with E-state index in [1.807, 2.05) is 18.2 Å². The number of hydrogen-bond acceptors (Lipinski definition) is 2. The van der Waals surface area contributed by atoms with E-state index in [1.165, 1.54) is 16.7 Å². The average molecular weight is 341 g/mol. The predicted octanol–water partition coefficient (Wildman–Crippen LogP) is 4.52. The normalized spacial score (nSPS) is 17.7. The number of carbonyl (C=O) groups is 1. The van der Waals surface area contributed by atoms with Crippen LogP contribution in [-0.4, -0.2) is 23.8 Å². The Balaban J connectivity index is 1.61. The van der Waals surface area contributed by atoms with Crippen molar-refractivity contribution in [1.29, 1.82) is 0 Å². The van der Waals surface area contributed by atoms with E-state index in [0.717, 1.165) is 13.1 Å². The summed E-state index contributed by atoms with van der Waals surface area (Å²) in [6, 6.07) is 31.3. The lowest BCUT2D eigenvalue weighted by Crippen LogP contribution is -2.23. The highest BCUT2D eigenvalue weighted by atomic mass is 16.1. The van der Waals surface area contributed by atoms with Gasteiger partial charge in [0.05, 0.1) is 6.54 Å². The van der Waals surface area contributed by atoms with E-state index < -0.39 is 0 Å². The van der Waals surface area contributed by atoms with Crippen LogP contribution in [0.1, 0.15) is 22.6 Å². The van der Waals surface area contributed by atoms with Crippen LogP contribution in [0.15, 0.2) is 91.0 Å². The Morgan fingerprint density at radius 1 is 0.769 bits per heavy atom. The number of likely N-dealkylation sites (tertiary alicyclic amines) is 1. The number of Topliss-reactive ketones (excluding diaryl/α,β-unsaturated/α-hetero) is 1. The zero-order valence-electron chi connectivity index (χ0n) is 14.8. The van der Waals surface area contributed by atoms with E-state index in [-0.39, 0.29) is 11.8 Å². The molecule has 0 aromatic heterocycles. The van der Waals surface area contributed by atoms with Gasteiger partial charge in [-0.05, 0) is 16.7 Å². The van der Waals surface area contributed by atoms with Gasteiger partial charge in [-0.2, -0.15) is 0 Å². The maximum absolute atomic E-state index is 12.9. The molecule has 26 heavy (non-hydrogen) atoms. The summed E-state index contributed by atoms with van der Waals surface area (Å²) in [6.07, 6.45) is 0. The van der Waals surface area contributed by atoms with Crippen LogP contribution in [-0.2, 0) is 11.3 Å². The topological polar surface area (TPSA) is 20.3 Å². The van der Waals surface area contributed by atoms with Crippen LogP contribution in [0, 0.1) is 5.92 Å². The van der Waals surface area contributed by atoms with Crippen LogP contribution in [0.3, 0.4) is 0 Å². The fourth-order valence-corrected chi connectivity index (χ4v) is 4.01. The molecular formula is C24H23NO. The smallest absolute Gasteiger partial charge is 0.152 e. The molecule has 3 aromatic carbocycles. The molecule has 1 saturated heterocycles. The van der Waals surface area contributed by atoms with Crippen LogP contribution >= 0.6 is 0 Å². The first-order valence-corrected chi connectivity index (χ1v) is 9.20. The van der Waals surface area contributed by atoms with Crippen molar-refractivity contribution in [2.24, 2.45) is 5.92 Å². The maximum atomic E-state index is 12.9. The molecule has 0 saturated carbocycles. The van der Waals surface area contributed by atoms with E-state index >= 15 is 0 Å². The molecule has 1 fully saturated rings. The van der Waals surface area contributed by atoms with Gasteiger partial charge in [0.25, 0.3) is 0 Å². The fourth-order valence-electron chi connectivity index (χ4n) is 4.01. The molecule has 1 unspecified atom stereocenters. The Kier molecular flexibility index (Phi) is 4.94. The third kappa shape index (κ3) is 3.61. The van der Waals surface area contributed by atoms with Gasteiger partial charge in [-0.25, -0.2) is 0 Å². The van der Waals surface area contributed by atoms with Gasteiger partial charge in [-0.1, -0.05) is 91.0 Å². The molecule has 0 spiro atoms. The lowest BCUT2D eigenvalue weighted by atomic mass is 9.80. The summed E-state index contributed by atoms with van der Waals surface area (Å²) in [5, 5.41) is 0. The first kappa shape index (κ1) is 16.7. The minimum absolute atomic E-state index is 0.00325. The Hall–Kier alpha value is -2.71. The summed E-state index contributed by atoms with van der Waals surface area (Å²) < 4.78 is 0. The molecule has 4 rings (SSSR count). The first-order valence-electron chi connectivity index (χ1n) is 9.20. The molecule has 130 valence electrons. The minimum Gasteiger partial charge on any atom is -0.298 e. The van der Waals surface area contributed by atoms with E-state index in [2.05, 4.69) is 77.7 Å². The zero-order valence-corrected chi connectivity index (χ0v) is 14.8. The molecule has 0 bridgehead atoms. The second-order valence-corrected chi connectivity index (χ2v) is 7.03. The summed E-state index contributed by atoms with van der Waals surface area (Å²) in [7, 11) is 0. The zero-order chi connectivity index (χ0) is 17.8. The van der Waals surface area contributed by atoms with Crippen molar-refractivity contribution in [2.45, 2.75) is 12.5 Å². The molecular weight excluding hydrogens is 318 g/mol. The highest BCUT2D eigenvalue weighted by Crippen LogP contribution is 2.36. The van der Waals surface area contributed by atoms with Crippen LogP contribution in [0.4, 0.5) is 0 Å². The quantitative estimate of drug-likeness (QED) is 0.680. The average Bonchev–Trinajstić information content (AvgIpc) is 3.04. The van der Waals surface area contributed by atoms with Gasteiger partial charge in [-0.15, -0.1) is 0 Å². The monoisotopic (exact) mass is 341 g/mol. The molecule has 1 aliphatic rings. The summed E-state index contributed by atoms with van der Waals surface area (Å²) in [5.41, 5.74) is 3.70. The summed E-state index contributed by atoms with van der Waals surface area (Å²) in [4.78, 5) is 15.2. The second-order valence-electron chi connectivity index (χ2n) is 7.03. The van der Waals surface area contributed by atoms with E-state index in [9.17, 15) is 4.79 Å². The summed E-state index contributed by atoms with van der Waals surface area (Å²) >= 11 is 0.